The van der Waals surface area contributed by atoms with Gasteiger partial charge in [-0.2, -0.15) is 0 Å². The molecule has 0 fully saturated rings. The van der Waals surface area contributed by atoms with Crippen molar-refractivity contribution < 1.29 is 0 Å². The Morgan fingerprint density at radius 1 is 0.333 bits per heavy atom. The first-order chi connectivity index (χ1) is 36.1. The highest BCUT2D eigenvalue weighted by Gasteiger charge is 2.33. The fourth-order valence-electron chi connectivity index (χ4n) is 11.8. The molecule has 0 amide bonds. The molecule has 0 spiro atoms. The standard InChI is InChI=1S/C25H50N2.C23H46N2.C21H42N2/c1-6-7-8-9-10-11-12-13-14-15-16-17-18-19-20-21-24-26-25(4,5)22-27(24)23(2)3;1-6-7-8-9-10-11-12-13-14-15-16-17-18-19-22-24-23(4,5)20-25(22)21(2)3;1-5-7-8-9-10-11-12-13-14-15-16-17-21-22-20(6-2)18-23(21)19(3)4/h23H,6-22H2,1-5H3;21H,6-20H2,1-5H3;19-20H,5-18H2,1-4H3. The van der Waals surface area contributed by atoms with Gasteiger partial charge in [0, 0.05) is 57.0 Å². The molecule has 0 saturated carbocycles. The van der Waals surface area contributed by atoms with Crippen molar-refractivity contribution in [1.29, 1.82) is 0 Å². The zero-order valence-corrected chi connectivity index (χ0v) is 54.0. The monoisotopic (exact) mass is 1050 g/mol. The van der Waals surface area contributed by atoms with Crippen molar-refractivity contribution in [3.8, 4) is 0 Å². The lowest BCUT2D eigenvalue weighted by atomic mass is 10.0. The Morgan fingerprint density at radius 2 is 0.560 bits per heavy atom. The van der Waals surface area contributed by atoms with Gasteiger partial charge in [-0.1, -0.05) is 259 Å². The first kappa shape index (κ1) is 71.4. The quantitative estimate of drug-likeness (QED) is 0.0571. The fraction of sp³-hybridized carbons (Fsp3) is 0.957. The molecule has 1 atom stereocenters. The number of aliphatic imine (C=N–C) groups is 3. The largest absolute Gasteiger partial charge is 0.356 e. The highest BCUT2D eigenvalue weighted by atomic mass is 15.3. The van der Waals surface area contributed by atoms with Gasteiger partial charge in [-0.15, -0.1) is 0 Å². The van der Waals surface area contributed by atoms with Crippen LogP contribution >= 0.6 is 0 Å². The third kappa shape index (κ3) is 37.8. The number of rotatable bonds is 46. The number of amidine groups is 3. The summed E-state index contributed by atoms with van der Waals surface area (Å²) in [6.45, 7) is 35.3. The van der Waals surface area contributed by atoms with E-state index in [1.165, 1.54) is 294 Å². The second-order valence-electron chi connectivity index (χ2n) is 26.5. The predicted octanol–water partition coefficient (Wildman–Crippen LogP) is 22.1. The molecular formula is C69H138N6. The van der Waals surface area contributed by atoms with Crippen molar-refractivity contribution in [3.05, 3.63) is 0 Å². The van der Waals surface area contributed by atoms with Crippen LogP contribution in [0, 0.1) is 0 Å². The molecule has 75 heavy (non-hydrogen) atoms. The third-order valence-corrected chi connectivity index (χ3v) is 16.6. The maximum Gasteiger partial charge on any atom is 0.0999 e. The summed E-state index contributed by atoms with van der Waals surface area (Å²) in [7, 11) is 0. The van der Waals surface area contributed by atoms with E-state index in [1.807, 2.05) is 0 Å². The lowest BCUT2D eigenvalue weighted by Crippen LogP contribution is -2.37. The van der Waals surface area contributed by atoms with E-state index < -0.39 is 0 Å². The Labute approximate surface area is 473 Å². The molecule has 3 aliphatic rings. The molecule has 3 heterocycles. The van der Waals surface area contributed by atoms with Gasteiger partial charge >= 0.3 is 0 Å². The zero-order valence-electron chi connectivity index (χ0n) is 54.0. The van der Waals surface area contributed by atoms with Crippen molar-refractivity contribution in [2.75, 3.05) is 19.6 Å². The van der Waals surface area contributed by atoms with Gasteiger partial charge in [-0.25, -0.2) is 0 Å². The Morgan fingerprint density at radius 3 is 0.787 bits per heavy atom. The molecule has 0 aromatic rings. The van der Waals surface area contributed by atoms with Crippen LogP contribution in [0.4, 0.5) is 0 Å². The summed E-state index contributed by atoms with van der Waals surface area (Å²) in [4.78, 5) is 22.4. The number of hydrogen-bond acceptors (Lipinski definition) is 6. The first-order valence-corrected chi connectivity index (χ1v) is 34.1. The topological polar surface area (TPSA) is 46.8 Å². The second-order valence-corrected chi connectivity index (χ2v) is 26.5. The molecule has 3 aliphatic heterocycles. The van der Waals surface area contributed by atoms with E-state index in [9.17, 15) is 0 Å². The van der Waals surface area contributed by atoms with Gasteiger partial charge in [-0.3, -0.25) is 15.0 Å². The maximum atomic E-state index is 4.97. The van der Waals surface area contributed by atoms with Crippen LogP contribution in [-0.4, -0.2) is 87.1 Å². The van der Waals surface area contributed by atoms with E-state index in [2.05, 4.69) is 112 Å². The van der Waals surface area contributed by atoms with E-state index in [1.54, 1.807) is 0 Å². The molecule has 1 unspecified atom stereocenters. The lowest BCUT2D eigenvalue weighted by Gasteiger charge is -2.26. The van der Waals surface area contributed by atoms with Crippen molar-refractivity contribution in [3.63, 3.8) is 0 Å². The molecule has 6 heteroatoms. The van der Waals surface area contributed by atoms with Crippen molar-refractivity contribution in [2.24, 2.45) is 15.0 Å². The maximum absolute atomic E-state index is 4.97. The molecule has 0 saturated heterocycles. The fourth-order valence-corrected chi connectivity index (χ4v) is 11.8. The van der Waals surface area contributed by atoms with Crippen LogP contribution in [0.1, 0.15) is 373 Å². The summed E-state index contributed by atoms with van der Waals surface area (Å²) >= 11 is 0. The van der Waals surface area contributed by atoms with Crippen LogP contribution in [0.5, 0.6) is 0 Å². The van der Waals surface area contributed by atoms with Crippen molar-refractivity contribution in [1.82, 2.24) is 14.7 Å². The molecule has 0 aliphatic carbocycles. The summed E-state index contributed by atoms with van der Waals surface area (Å²) in [5.74, 6) is 4.12. The van der Waals surface area contributed by atoms with Crippen LogP contribution < -0.4 is 0 Å². The highest BCUT2D eigenvalue weighted by Crippen LogP contribution is 2.27. The zero-order chi connectivity index (χ0) is 55.4. The van der Waals surface area contributed by atoms with Crippen LogP contribution in [0.25, 0.3) is 0 Å². The molecule has 6 nitrogen and oxygen atoms in total. The van der Waals surface area contributed by atoms with Crippen LogP contribution in [0.2, 0.25) is 0 Å². The summed E-state index contributed by atoms with van der Waals surface area (Å²) in [6, 6.07) is 2.34. The van der Waals surface area contributed by atoms with Gasteiger partial charge in [0.05, 0.1) is 34.6 Å². The van der Waals surface area contributed by atoms with Gasteiger partial charge in [0.1, 0.15) is 0 Å². The van der Waals surface area contributed by atoms with Crippen LogP contribution in [-0.2, 0) is 0 Å². The minimum absolute atomic E-state index is 0.120. The Hall–Kier alpha value is -1.59. The smallest absolute Gasteiger partial charge is 0.0999 e. The average molecular weight is 1050 g/mol. The summed E-state index contributed by atoms with van der Waals surface area (Å²) < 4.78 is 0. The Balaban J connectivity index is 0.000000564. The van der Waals surface area contributed by atoms with E-state index in [4.69, 9.17) is 15.0 Å². The average Bonchev–Trinajstić information content (AvgIpc) is 4.05. The Kier molecular flexibility index (Phi) is 44.0. The summed E-state index contributed by atoms with van der Waals surface area (Å²) in [5.41, 5.74) is 0.241. The third-order valence-electron chi connectivity index (χ3n) is 16.6. The second kappa shape index (κ2) is 46.2. The Bertz CT molecular complexity index is 1380. The minimum atomic E-state index is 0.120. The van der Waals surface area contributed by atoms with Gasteiger partial charge in [0.25, 0.3) is 0 Å². The predicted molar refractivity (Wildman–Crippen MR) is 341 cm³/mol. The first-order valence-electron chi connectivity index (χ1n) is 34.1. The van der Waals surface area contributed by atoms with E-state index >= 15 is 0 Å². The SMILES string of the molecule is CCCCCCCCCCCCCC1=NC(CC)CN1C(C)C.CCCCCCCCCCCCCCCC1=NC(C)(C)CN1C(C)C.CCCCCCCCCCCCCCCCCC1=NC(C)(C)CN1C(C)C. The number of unbranched alkanes of at least 4 members (excludes halogenated alkanes) is 36. The molecule has 444 valence electrons. The number of nitrogens with zero attached hydrogens (tertiary/aromatic N) is 6. The summed E-state index contributed by atoms with van der Waals surface area (Å²) in [6.07, 6.45) is 60.4. The van der Waals surface area contributed by atoms with E-state index in [0.717, 1.165) is 19.6 Å². The molecule has 0 N–H and O–H groups in total. The van der Waals surface area contributed by atoms with Crippen LogP contribution in [0.3, 0.4) is 0 Å². The van der Waals surface area contributed by atoms with Gasteiger partial charge in [-0.05, 0) is 94.9 Å². The van der Waals surface area contributed by atoms with E-state index in [0.29, 0.717) is 24.2 Å². The number of hydrogen-bond donors (Lipinski definition) is 0. The lowest BCUT2D eigenvalue weighted by molar-refractivity contribution is 0.320. The normalized spacial score (nSPS) is 17.0. The molecule has 0 aromatic carbocycles. The molecule has 0 radical (unpaired) electrons. The van der Waals surface area contributed by atoms with Gasteiger partial charge < -0.3 is 14.7 Å². The van der Waals surface area contributed by atoms with Gasteiger partial charge in [0.15, 0.2) is 0 Å². The molecular weight excluding hydrogens is 913 g/mol. The minimum Gasteiger partial charge on any atom is -0.356 e. The van der Waals surface area contributed by atoms with E-state index in [-0.39, 0.29) is 11.1 Å². The van der Waals surface area contributed by atoms with Crippen molar-refractivity contribution in [2.45, 2.75) is 408 Å². The molecule has 3 rings (SSSR count). The highest BCUT2D eigenvalue weighted by molar-refractivity contribution is 5.85. The summed E-state index contributed by atoms with van der Waals surface area (Å²) in [5, 5.41) is 0. The molecule has 0 bridgehead atoms. The van der Waals surface area contributed by atoms with Crippen LogP contribution in [0.15, 0.2) is 15.0 Å². The van der Waals surface area contributed by atoms with Crippen molar-refractivity contribution >= 4 is 17.5 Å². The van der Waals surface area contributed by atoms with Gasteiger partial charge in [0.2, 0.25) is 0 Å². The molecule has 0 aromatic heterocycles.